The molecule has 3 rings (SSSR count). The van der Waals surface area contributed by atoms with E-state index in [1.54, 1.807) is 4.90 Å². The smallest absolute Gasteiger partial charge is 0.342 e. The third-order valence-electron chi connectivity index (χ3n) is 5.73. The van der Waals surface area contributed by atoms with Gasteiger partial charge in [-0.05, 0) is 37.5 Å². The van der Waals surface area contributed by atoms with E-state index in [1.807, 2.05) is 0 Å². The number of carbonyl (C=O) groups is 1. The van der Waals surface area contributed by atoms with Crippen LogP contribution in [0.2, 0.25) is 0 Å². The zero-order valence-corrected chi connectivity index (χ0v) is 13.3. The van der Waals surface area contributed by atoms with Gasteiger partial charge in [-0.3, -0.25) is 4.79 Å². The summed E-state index contributed by atoms with van der Waals surface area (Å²) in [5.74, 6) is -1.90. The van der Waals surface area contributed by atoms with Crippen LogP contribution in [0.25, 0.3) is 0 Å². The van der Waals surface area contributed by atoms with Crippen molar-refractivity contribution in [3.05, 3.63) is 0 Å². The van der Waals surface area contributed by atoms with Crippen LogP contribution in [-0.2, 0) is 4.79 Å². The van der Waals surface area contributed by atoms with E-state index >= 15 is 0 Å². The first-order valence-corrected chi connectivity index (χ1v) is 7.99. The molecule has 22 heavy (non-hydrogen) atoms. The van der Waals surface area contributed by atoms with Crippen LogP contribution in [0.5, 0.6) is 0 Å². The molecular formula is C15H24ClF3N2O. The number of nitrogens with two attached hydrogens (primary N) is 1. The fraction of sp³-hybridized carbons (Fsp3) is 0.933. The van der Waals surface area contributed by atoms with Crippen molar-refractivity contribution in [1.29, 1.82) is 0 Å². The summed E-state index contributed by atoms with van der Waals surface area (Å²) >= 11 is 0. The highest BCUT2D eigenvalue weighted by Gasteiger charge is 2.51. The number of carbonyl (C=O) groups excluding carboxylic acids is 1. The molecule has 5 atom stereocenters. The van der Waals surface area contributed by atoms with Crippen molar-refractivity contribution >= 4 is 18.3 Å². The third kappa shape index (κ3) is 3.23. The summed E-state index contributed by atoms with van der Waals surface area (Å²) in [6, 6.07) is 0.109. The second-order valence-electron chi connectivity index (χ2n) is 6.95. The Morgan fingerprint density at radius 2 is 1.73 bits per heavy atom. The Labute approximate surface area is 135 Å². The predicted molar refractivity (Wildman–Crippen MR) is 79.5 cm³/mol. The Bertz CT molecular complexity index is 418. The first-order chi connectivity index (χ1) is 9.88. The van der Waals surface area contributed by atoms with Crippen LogP contribution in [0.15, 0.2) is 0 Å². The van der Waals surface area contributed by atoms with Crippen LogP contribution in [0.4, 0.5) is 13.2 Å². The Hall–Kier alpha value is -0.490. The van der Waals surface area contributed by atoms with Crippen LogP contribution >= 0.6 is 12.4 Å². The first kappa shape index (κ1) is 17.9. The molecule has 1 saturated heterocycles. The number of nitrogens with zero attached hydrogens (tertiary/aromatic N) is 1. The van der Waals surface area contributed by atoms with E-state index in [2.05, 4.69) is 0 Å². The van der Waals surface area contributed by atoms with Gasteiger partial charge < -0.3 is 10.6 Å². The summed E-state index contributed by atoms with van der Waals surface area (Å²) in [7, 11) is 0. The largest absolute Gasteiger partial charge is 0.392 e. The van der Waals surface area contributed by atoms with E-state index in [-0.39, 0.29) is 30.8 Å². The van der Waals surface area contributed by atoms with Gasteiger partial charge in [-0.1, -0.05) is 12.8 Å². The lowest BCUT2D eigenvalue weighted by molar-refractivity contribution is -0.200. The molecule has 0 spiro atoms. The minimum absolute atomic E-state index is 0. The topological polar surface area (TPSA) is 46.3 Å². The van der Waals surface area contributed by atoms with Crippen LogP contribution in [0.1, 0.15) is 38.5 Å². The van der Waals surface area contributed by atoms with E-state index in [9.17, 15) is 18.0 Å². The third-order valence-corrected chi connectivity index (χ3v) is 5.73. The summed E-state index contributed by atoms with van der Waals surface area (Å²) in [5, 5.41) is 0. The van der Waals surface area contributed by atoms with Crippen LogP contribution in [0.3, 0.4) is 0 Å². The van der Waals surface area contributed by atoms with Crippen molar-refractivity contribution in [2.45, 2.75) is 50.7 Å². The Kier molecular flexibility index (Phi) is 5.32. The standard InChI is InChI=1S/C15H23F3N2O.ClH/c16-15(17,18)12-4-2-1-3-10(12)14(21)20-7-9-5-6-13(19)11(9)8-20;/h9-13H,1-8,19H2;1H. The maximum Gasteiger partial charge on any atom is 0.392 e. The van der Waals surface area contributed by atoms with Gasteiger partial charge in [0.1, 0.15) is 0 Å². The molecule has 3 aliphatic rings. The minimum atomic E-state index is -4.26. The van der Waals surface area contributed by atoms with Gasteiger partial charge in [0.15, 0.2) is 0 Å². The second kappa shape index (κ2) is 6.56. The lowest BCUT2D eigenvalue weighted by Crippen LogP contribution is -2.44. The van der Waals surface area contributed by atoms with Gasteiger partial charge in [0.05, 0.1) is 5.92 Å². The van der Waals surface area contributed by atoms with Crippen molar-refractivity contribution in [3.63, 3.8) is 0 Å². The SMILES string of the molecule is Cl.NC1CCC2CN(C(=O)C3CCCCC3C(F)(F)F)CC12. The van der Waals surface area contributed by atoms with Crippen LogP contribution in [-0.4, -0.2) is 36.1 Å². The van der Waals surface area contributed by atoms with Gasteiger partial charge >= 0.3 is 6.18 Å². The molecule has 0 aromatic carbocycles. The number of fused-ring (bicyclic) bond motifs is 1. The summed E-state index contributed by atoms with van der Waals surface area (Å²) in [5.41, 5.74) is 6.04. The van der Waals surface area contributed by atoms with E-state index in [0.717, 1.165) is 19.3 Å². The molecule has 5 unspecified atom stereocenters. The summed E-state index contributed by atoms with van der Waals surface area (Å²) in [6.45, 7) is 1.17. The van der Waals surface area contributed by atoms with Crippen LogP contribution < -0.4 is 5.73 Å². The highest BCUT2D eigenvalue weighted by molar-refractivity contribution is 5.85. The molecule has 7 heteroatoms. The second-order valence-corrected chi connectivity index (χ2v) is 6.95. The van der Waals surface area contributed by atoms with E-state index in [1.165, 1.54) is 0 Å². The van der Waals surface area contributed by atoms with E-state index in [0.29, 0.717) is 37.8 Å². The van der Waals surface area contributed by atoms with Gasteiger partial charge in [0, 0.05) is 25.0 Å². The maximum absolute atomic E-state index is 13.1. The zero-order chi connectivity index (χ0) is 15.2. The molecule has 3 nitrogen and oxygen atoms in total. The average molecular weight is 341 g/mol. The van der Waals surface area contributed by atoms with Gasteiger partial charge in [0.2, 0.25) is 5.91 Å². The van der Waals surface area contributed by atoms with Crippen molar-refractivity contribution in [2.24, 2.45) is 29.4 Å². The Morgan fingerprint density at radius 1 is 1.05 bits per heavy atom. The summed E-state index contributed by atoms with van der Waals surface area (Å²) in [4.78, 5) is 14.3. The van der Waals surface area contributed by atoms with Gasteiger partial charge in [-0.25, -0.2) is 0 Å². The number of rotatable bonds is 1. The molecule has 1 amide bonds. The van der Waals surface area contributed by atoms with Gasteiger partial charge in [-0.15, -0.1) is 12.4 Å². The van der Waals surface area contributed by atoms with Gasteiger partial charge in [-0.2, -0.15) is 13.2 Å². The molecular weight excluding hydrogens is 317 g/mol. The normalized spacial score (nSPS) is 38.5. The first-order valence-electron chi connectivity index (χ1n) is 7.99. The van der Waals surface area contributed by atoms with Gasteiger partial charge in [0.25, 0.3) is 0 Å². The average Bonchev–Trinajstić information content (AvgIpc) is 3.00. The fourth-order valence-electron chi connectivity index (χ4n) is 4.54. The fourth-order valence-corrected chi connectivity index (χ4v) is 4.54. The lowest BCUT2D eigenvalue weighted by Gasteiger charge is -2.34. The minimum Gasteiger partial charge on any atom is -0.342 e. The molecule has 0 radical (unpaired) electrons. The molecule has 0 bridgehead atoms. The summed E-state index contributed by atoms with van der Waals surface area (Å²) < 4.78 is 39.4. The number of likely N-dealkylation sites (tertiary alicyclic amines) is 1. The lowest BCUT2D eigenvalue weighted by atomic mass is 9.78. The van der Waals surface area contributed by atoms with E-state index in [4.69, 9.17) is 5.73 Å². The molecule has 2 N–H and O–H groups in total. The van der Waals surface area contributed by atoms with Crippen molar-refractivity contribution in [3.8, 4) is 0 Å². The number of alkyl halides is 3. The molecule has 3 fully saturated rings. The molecule has 1 aliphatic heterocycles. The quantitative estimate of drug-likeness (QED) is 0.797. The monoisotopic (exact) mass is 340 g/mol. The Balaban J connectivity index is 0.00000176. The zero-order valence-electron chi connectivity index (χ0n) is 12.5. The number of halogens is 4. The van der Waals surface area contributed by atoms with Crippen molar-refractivity contribution in [2.75, 3.05) is 13.1 Å². The van der Waals surface area contributed by atoms with Crippen LogP contribution in [0, 0.1) is 23.7 Å². The molecule has 1 heterocycles. The summed E-state index contributed by atoms with van der Waals surface area (Å²) in [6.07, 6.45) is -0.504. The molecule has 0 aromatic heterocycles. The van der Waals surface area contributed by atoms with Crippen molar-refractivity contribution < 1.29 is 18.0 Å². The number of hydrogen-bond donors (Lipinski definition) is 1. The maximum atomic E-state index is 13.1. The highest BCUT2D eigenvalue weighted by atomic mass is 35.5. The number of hydrogen-bond acceptors (Lipinski definition) is 2. The molecule has 128 valence electrons. The van der Waals surface area contributed by atoms with Crippen molar-refractivity contribution in [1.82, 2.24) is 4.90 Å². The molecule has 0 aromatic rings. The highest BCUT2D eigenvalue weighted by Crippen LogP contribution is 2.44. The number of amides is 1. The predicted octanol–water partition coefficient (Wildman–Crippen LogP) is 2.97. The Morgan fingerprint density at radius 3 is 2.36 bits per heavy atom. The molecule has 2 aliphatic carbocycles. The van der Waals surface area contributed by atoms with E-state index < -0.39 is 18.0 Å². The molecule has 2 saturated carbocycles.